The molecule has 20 heavy (non-hydrogen) atoms. The maximum absolute atomic E-state index is 12.1. The molecule has 0 aliphatic rings. The second kappa shape index (κ2) is 6.04. The second-order valence-electron chi connectivity index (χ2n) is 4.13. The van der Waals surface area contributed by atoms with E-state index < -0.39 is 10.0 Å². The fourth-order valence-corrected chi connectivity index (χ4v) is 3.98. The first kappa shape index (κ1) is 15.2. The summed E-state index contributed by atoms with van der Waals surface area (Å²) in [5.74, 6) is 0. The molecular formula is C12H16N2O4S2. The number of nitrogens with one attached hydrogen (secondary N) is 1. The summed E-state index contributed by atoms with van der Waals surface area (Å²) in [4.78, 5) is 11.8. The number of sulfonamides is 1. The minimum Gasteiger partial charge on any atom is -0.383 e. The van der Waals surface area contributed by atoms with Gasteiger partial charge in [-0.1, -0.05) is 11.3 Å². The lowest BCUT2D eigenvalue weighted by atomic mass is 10.3. The molecule has 1 N–H and O–H groups in total. The van der Waals surface area contributed by atoms with Crippen LogP contribution in [0.4, 0.5) is 0 Å². The van der Waals surface area contributed by atoms with Crippen LogP contribution >= 0.6 is 11.3 Å². The summed E-state index contributed by atoms with van der Waals surface area (Å²) in [6.45, 7) is 2.96. The molecule has 0 amide bonds. The van der Waals surface area contributed by atoms with Crippen molar-refractivity contribution in [2.45, 2.75) is 18.4 Å². The first-order chi connectivity index (χ1) is 9.49. The Hall–Kier alpha value is -1.22. The number of methoxy groups -OCH3 is 1. The van der Waals surface area contributed by atoms with E-state index in [-0.39, 0.29) is 16.3 Å². The molecule has 2 aromatic rings. The maximum Gasteiger partial charge on any atom is 0.308 e. The van der Waals surface area contributed by atoms with Crippen molar-refractivity contribution < 1.29 is 13.2 Å². The number of benzene rings is 1. The number of nitrogens with zero attached hydrogens (tertiary/aromatic N) is 1. The van der Waals surface area contributed by atoms with Crippen LogP contribution in [0.1, 0.15) is 6.92 Å². The number of hydrogen-bond donors (Lipinski definition) is 1. The van der Waals surface area contributed by atoms with Gasteiger partial charge in [-0.3, -0.25) is 9.36 Å². The monoisotopic (exact) mass is 316 g/mol. The predicted molar refractivity (Wildman–Crippen MR) is 78.8 cm³/mol. The largest absolute Gasteiger partial charge is 0.383 e. The lowest BCUT2D eigenvalue weighted by molar-refractivity contribution is 0.204. The average molecular weight is 316 g/mol. The highest BCUT2D eigenvalue weighted by molar-refractivity contribution is 7.89. The van der Waals surface area contributed by atoms with Crippen LogP contribution in [0.3, 0.4) is 0 Å². The van der Waals surface area contributed by atoms with E-state index in [4.69, 9.17) is 4.74 Å². The van der Waals surface area contributed by atoms with E-state index in [0.29, 0.717) is 17.9 Å². The topological polar surface area (TPSA) is 77.4 Å². The van der Waals surface area contributed by atoms with Crippen molar-refractivity contribution in [2.24, 2.45) is 0 Å². The highest BCUT2D eigenvalue weighted by Crippen LogP contribution is 2.21. The zero-order valence-corrected chi connectivity index (χ0v) is 12.9. The summed E-state index contributed by atoms with van der Waals surface area (Å²) in [6, 6.07) is 4.71. The number of thiazole rings is 1. The smallest absolute Gasteiger partial charge is 0.308 e. The van der Waals surface area contributed by atoms with Gasteiger partial charge in [-0.05, 0) is 25.1 Å². The Kier molecular flexibility index (Phi) is 4.59. The molecule has 1 aromatic carbocycles. The summed E-state index contributed by atoms with van der Waals surface area (Å²) >= 11 is 1.05. The van der Waals surface area contributed by atoms with Gasteiger partial charge in [-0.2, -0.15) is 0 Å². The number of hydrogen-bond acceptors (Lipinski definition) is 5. The quantitative estimate of drug-likeness (QED) is 0.807. The van der Waals surface area contributed by atoms with Crippen molar-refractivity contribution in [1.29, 1.82) is 0 Å². The molecule has 0 saturated heterocycles. The van der Waals surface area contributed by atoms with E-state index >= 15 is 0 Å². The van der Waals surface area contributed by atoms with Gasteiger partial charge < -0.3 is 4.74 Å². The summed E-state index contributed by atoms with van der Waals surface area (Å²) in [7, 11) is -2.06. The summed E-state index contributed by atoms with van der Waals surface area (Å²) in [5.41, 5.74) is 0.762. The molecule has 1 aromatic heterocycles. The fraction of sp³-hybridized carbons (Fsp3) is 0.417. The average Bonchev–Trinajstić information content (AvgIpc) is 2.73. The third kappa shape index (κ3) is 2.93. The van der Waals surface area contributed by atoms with E-state index in [9.17, 15) is 13.2 Å². The Balaban J connectivity index is 2.39. The van der Waals surface area contributed by atoms with Gasteiger partial charge in [0.25, 0.3) is 0 Å². The molecule has 0 saturated carbocycles. The molecule has 110 valence electrons. The van der Waals surface area contributed by atoms with Crippen LogP contribution in [-0.2, 0) is 21.3 Å². The highest BCUT2D eigenvalue weighted by atomic mass is 32.2. The van der Waals surface area contributed by atoms with E-state index in [2.05, 4.69) is 4.72 Å². The molecule has 6 nitrogen and oxygen atoms in total. The molecular weight excluding hydrogens is 300 g/mol. The van der Waals surface area contributed by atoms with Gasteiger partial charge in [0.15, 0.2) is 0 Å². The molecule has 0 atom stereocenters. The number of aromatic nitrogens is 1. The highest BCUT2D eigenvalue weighted by Gasteiger charge is 2.15. The van der Waals surface area contributed by atoms with Gasteiger partial charge in [-0.15, -0.1) is 0 Å². The Morgan fingerprint density at radius 2 is 2.15 bits per heavy atom. The number of aryl methyl sites for hydroxylation is 1. The molecule has 2 rings (SSSR count). The normalized spacial score (nSPS) is 12.1. The lowest BCUT2D eigenvalue weighted by Gasteiger charge is -2.06. The number of ether oxygens (including phenoxy) is 1. The molecule has 0 fully saturated rings. The zero-order chi connectivity index (χ0) is 14.8. The van der Waals surface area contributed by atoms with Crippen LogP contribution in [-0.4, -0.2) is 33.2 Å². The van der Waals surface area contributed by atoms with Crippen molar-refractivity contribution in [3.63, 3.8) is 0 Å². The third-order valence-electron chi connectivity index (χ3n) is 2.86. The number of rotatable bonds is 6. The van der Waals surface area contributed by atoms with Crippen LogP contribution in [0, 0.1) is 0 Å². The van der Waals surface area contributed by atoms with Gasteiger partial charge in [0.2, 0.25) is 10.0 Å². The Bertz CT molecular complexity index is 761. The van der Waals surface area contributed by atoms with Crippen LogP contribution in [0.25, 0.3) is 10.2 Å². The molecule has 0 radical (unpaired) electrons. The van der Waals surface area contributed by atoms with Gasteiger partial charge in [-0.25, -0.2) is 13.1 Å². The van der Waals surface area contributed by atoms with Gasteiger partial charge >= 0.3 is 4.87 Å². The standard InChI is InChI=1S/C12H16N2O4S2/c1-3-14-10-5-4-9(8-11(10)19-12(14)15)20(16,17)13-6-7-18-2/h4-5,8,13H,3,6-7H2,1-2H3. The van der Waals surface area contributed by atoms with Crippen LogP contribution in [0.2, 0.25) is 0 Å². The Labute approximate surface area is 121 Å². The molecule has 1 heterocycles. The minimum atomic E-state index is -3.57. The summed E-state index contributed by atoms with van der Waals surface area (Å²) < 4.78 is 33.7. The summed E-state index contributed by atoms with van der Waals surface area (Å²) in [6.07, 6.45) is 0. The van der Waals surface area contributed by atoms with Crippen LogP contribution in [0.15, 0.2) is 27.9 Å². The Morgan fingerprint density at radius 3 is 2.80 bits per heavy atom. The number of fused-ring (bicyclic) bond motifs is 1. The first-order valence-electron chi connectivity index (χ1n) is 6.11. The zero-order valence-electron chi connectivity index (χ0n) is 11.3. The summed E-state index contributed by atoms with van der Waals surface area (Å²) in [5, 5.41) is 0. The lowest BCUT2D eigenvalue weighted by Crippen LogP contribution is -2.27. The van der Waals surface area contributed by atoms with Crippen molar-refractivity contribution >= 4 is 31.6 Å². The van der Waals surface area contributed by atoms with E-state index in [1.807, 2.05) is 6.92 Å². The molecule has 0 aliphatic carbocycles. The van der Waals surface area contributed by atoms with Crippen LogP contribution < -0.4 is 9.60 Å². The van der Waals surface area contributed by atoms with Gasteiger partial charge in [0.1, 0.15) is 0 Å². The fourth-order valence-electron chi connectivity index (χ4n) is 1.87. The predicted octanol–water partition coefficient (Wildman–Crippen LogP) is 1.01. The maximum atomic E-state index is 12.1. The Morgan fingerprint density at radius 1 is 1.40 bits per heavy atom. The van der Waals surface area contributed by atoms with Crippen molar-refractivity contribution in [2.75, 3.05) is 20.3 Å². The minimum absolute atomic E-state index is 0.0793. The van der Waals surface area contributed by atoms with E-state index in [0.717, 1.165) is 16.9 Å². The van der Waals surface area contributed by atoms with Crippen LogP contribution in [0.5, 0.6) is 0 Å². The molecule has 0 unspecified atom stereocenters. The second-order valence-corrected chi connectivity index (χ2v) is 6.89. The van der Waals surface area contributed by atoms with E-state index in [1.54, 1.807) is 10.6 Å². The molecule has 8 heteroatoms. The van der Waals surface area contributed by atoms with E-state index in [1.165, 1.54) is 19.2 Å². The molecule has 0 spiro atoms. The van der Waals surface area contributed by atoms with Gasteiger partial charge in [0, 0.05) is 20.2 Å². The molecule has 0 aliphatic heterocycles. The third-order valence-corrected chi connectivity index (χ3v) is 5.27. The van der Waals surface area contributed by atoms with Crippen molar-refractivity contribution in [1.82, 2.24) is 9.29 Å². The van der Waals surface area contributed by atoms with Crippen molar-refractivity contribution in [3.8, 4) is 0 Å². The SMILES string of the molecule is CCn1c(=O)sc2cc(S(=O)(=O)NCCOC)ccc21. The molecule has 0 bridgehead atoms. The first-order valence-corrected chi connectivity index (χ1v) is 8.41. The van der Waals surface area contributed by atoms with Crippen molar-refractivity contribution in [3.05, 3.63) is 27.9 Å². The van der Waals surface area contributed by atoms with Gasteiger partial charge in [0.05, 0.1) is 21.7 Å².